The van der Waals surface area contributed by atoms with Crippen molar-refractivity contribution in [2.45, 2.75) is 0 Å². The van der Waals surface area contributed by atoms with E-state index in [1.807, 2.05) is 24.3 Å². The number of hydrogen-bond acceptors (Lipinski definition) is 7. The molecule has 6 rings (SSSR count). The minimum absolute atomic E-state index is 0.391. The third-order valence-electron chi connectivity index (χ3n) is 5.70. The predicted molar refractivity (Wildman–Crippen MR) is 138 cm³/mol. The molecule has 0 bridgehead atoms. The van der Waals surface area contributed by atoms with Crippen LogP contribution in [0.1, 0.15) is 20.7 Å². The summed E-state index contributed by atoms with van der Waals surface area (Å²) in [6, 6.07) is 16.3. The zero-order valence-corrected chi connectivity index (χ0v) is 19.0. The normalized spacial score (nSPS) is 10.8. The molecule has 0 radical (unpaired) electrons. The molecule has 0 aliphatic rings. The third-order valence-corrected chi connectivity index (χ3v) is 5.70. The van der Waals surface area contributed by atoms with Gasteiger partial charge in [-0.05, 0) is 54.6 Å². The number of benzene rings is 2. The number of aldehydes is 2. The average molecular weight is 480 g/mol. The molecule has 0 aliphatic heterocycles. The van der Waals surface area contributed by atoms with Crippen LogP contribution >= 0.6 is 0 Å². The SMILES string of the molecule is COC(=O)Nc1cc2c(cn1)[nH]c1ccc(C=O)cc12.Nc1ccc2c(n1)[nH]c1ccc(C=O)cc12. The first-order valence-electron chi connectivity index (χ1n) is 10.8. The van der Waals surface area contributed by atoms with Gasteiger partial charge >= 0.3 is 6.09 Å². The molecule has 10 nitrogen and oxygen atoms in total. The van der Waals surface area contributed by atoms with Crippen molar-refractivity contribution >= 4 is 74.0 Å². The summed E-state index contributed by atoms with van der Waals surface area (Å²) in [7, 11) is 1.29. The molecule has 0 fully saturated rings. The number of methoxy groups -OCH3 is 1. The van der Waals surface area contributed by atoms with Crippen LogP contribution in [0.2, 0.25) is 0 Å². The highest BCUT2D eigenvalue weighted by Gasteiger charge is 2.09. The number of nitrogen functional groups attached to an aromatic ring is 1. The Morgan fingerprint density at radius 2 is 1.50 bits per heavy atom. The molecule has 6 aromatic rings. The van der Waals surface area contributed by atoms with Crippen LogP contribution in [-0.2, 0) is 4.74 Å². The van der Waals surface area contributed by atoms with Crippen molar-refractivity contribution in [2.75, 3.05) is 18.2 Å². The van der Waals surface area contributed by atoms with Crippen LogP contribution < -0.4 is 11.1 Å². The van der Waals surface area contributed by atoms with Gasteiger partial charge in [-0.3, -0.25) is 14.9 Å². The highest BCUT2D eigenvalue weighted by atomic mass is 16.5. The van der Waals surface area contributed by atoms with Gasteiger partial charge in [0.05, 0.1) is 18.8 Å². The van der Waals surface area contributed by atoms with E-state index in [2.05, 4.69) is 30.0 Å². The van der Waals surface area contributed by atoms with Gasteiger partial charge < -0.3 is 20.4 Å². The second kappa shape index (κ2) is 9.18. The fourth-order valence-electron chi connectivity index (χ4n) is 4.00. The van der Waals surface area contributed by atoms with E-state index >= 15 is 0 Å². The van der Waals surface area contributed by atoms with E-state index in [9.17, 15) is 14.4 Å². The maximum Gasteiger partial charge on any atom is 0.412 e. The number of carbonyl (C=O) groups is 3. The van der Waals surface area contributed by atoms with Crippen molar-refractivity contribution < 1.29 is 19.1 Å². The number of anilines is 2. The molecule has 178 valence electrons. The Labute approximate surface area is 203 Å². The summed E-state index contributed by atoms with van der Waals surface area (Å²) in [6.07, 6.45) is 2.68. The van der Waals surface area contributed by atoms with Gasteiger partial charge in [-0.25, -0.2) is 14.8 Å². The maximum absolute atomic E-state index is 11.2. The molecule has 0 saturated carbocycles. The Balaban J connectivity index is 0.000000152. The van der Waals surface area contributed by atoms with Crippen molar-refractivity contribution in [2.24, 2.45) is 0 Å². The number of nitrogens with one attached hydrogen (secondary N) is 3. The number of pyridine rings is 2. The summed E-state index contributed by atoms with van der Waals surface area (Å²) in [5.41, 5.74) is 10.3. The summed E-state index contributed by atoms with van der Waals surface area (Å²) < 4.78 is 4.53. The number of aromatic nitrogens is 4. The van der Waals surface area contributed by atoms with Crippen molar-refractivity contribution in [3.63, 3.8) is 0 Å². The molecule has 0 aliphatic carbocycles. The number of rotatable bonds is 3. The van der Waals surface area contributed by atoms with Crippen LogP contribution in [0.4, 0.5) is 16.4 Å². The lowest BCUT2D eigenvalue weighted by Gasteiger charge is -2.02. The van der Waals surface area contributed by atoms with Gasteiger partial charge in [0.25, 0.3) is 0 Å². The predicted octanol–water partition coefficient (Wildman–Crippen LogP) is 4.82. The Kier molecular flexibility index (Phi) is 5.75. The molecule has 4 aromatic heterocycles. The molecule has 10 heteroatoms. The molecule has 0 unspecified atom stereocenters. The van der Waals surface area contributed by atoms with Crippen molar-refractivity contribution in [1.29, 1.82) is 0 Å². The van der Waals surface area contributed by atoms with Gasteiger partial charge in [0.15, 0.2) is 0 Å². The number of hydrogen-bond donors (Lipinski definition) is 4. The fourth-order valence-corrected chi connectivity index (χ4v) is 4.00. The van der Waals surface area contributed by atoms with E-state index in [0.717, 1.165) is 56.3 Å². The number of nitrogens with zero attached hydrogens (tertiary/aromatic N) is 2. The van der Waals surface area contributed by atoms with E-state index in [4.69, 9.17) is 5.73 Å². The van der Waals surface area contributed by atoms with Crippen LogP contribution in [0.25, 0.3) is 43.7 Å². The largest absolute Gasteiger partial charge is 0.453 e. The Hall–Kier alpha value is -5.25. The summed E-state index contributed by atoms with van der Waals surface area (Å²) in [5, 5.41) is 6.27. The first kappa shape index (κ1) is 22.5. The van der Waals surface area contributed by atoms with E-state index in [1.54, 1.807) is 36.5 Å². The Morgan fingerprint density at radius 3 is 2.17 bits per heavy atom. The van der Waals surface area contributed by atoms with Gasteiger partial charge in [-0.2, -0.15) is 0 Å². The minimum atomic E-state index is -0.578. The van der Waals surface area contributed by atoms with Crippen LogP contribution in [0, 0.1) is 0 Å². The quantitative estimate of drug-likeness (QED) is 0.265. The van der Waals surface area contributed by atoms with Gasteiger partial charge in [0, 0.05) is 43.7 Å². The monoisotopic (exact) mass is 480 g/mol. The van der Waals surface area contributed by atoms with Crippen LogP contribution in [0.3, 0.4) is 0 Å². The van der Waals surface area contributed by atoms with Crippen molar-refractivity contribution in [3.8, 4) is 0 Å². The topological polar surface area (TPSA) is 156 Å². The number of amides is 1. The van der Waals surface area contributed by atoms with E-state index in [0.29, 0.717) is 22.8 Å². The molecule has 2 aromatic carbocycles. The minimum Gasteiger partial charge on any atom is -0.453 e. The van der Waals surface area contributed by atoms with Gasteiger partial charge in [-0.15, -0.1) is 0 Å². The molecular formula is C26H20N6O4. The lowest BCUT2D eigenvalue weighted by atomic mass is 10.1. The van der Waals surface area contributed by atoms with E-state index in [-0.39, 0.29) is 0 Å². The standard InChI is InChI=1S/C14H11N3O3.C12H9N3O/c1-20-14(19)17-13-5-10-9-4-8(7-18)2-3-11(9)16-12(10)6-15-13;13-11-4-2-8-9-5-7(6-16)1-3-10(9)14-12(8)15-11/h2-7,16H,1H3,(H,15,17,19);1-6H,(H3,13,14,15). The number of H-pyrrole nitrogens is 2. The molecular weight excluding hydrogens is 460 g/mol. The summed E-state index contributed by atoms with van der Waals surface area (Å²) >= 11 is 0. The van der Waals surface area contributed by atoms with Crippen LogP contribution in [-0.4, -0.2) is 45.7 Å². The molecule has 0 atom stereocenters. The molecule has 36 heavy (non-hydrogen) atoms. The van der Waals surface area contributed by atoms with Crippen molar-refractivity contribution in [1.82, 2.24) is 19.9 Å². The lowest BCUT2D eigenvalue weighted by molar-refractivity contribution is 0.111. The summed E-state index contributed by atoms with van der Waals surface area (Å²) in [6.45, 7) is 0. The highest BCUT2D eigenvalue weighted by Crippen LogP contribution is 2.27. The zero-order chi connectivity index (χ0) is 25.2. The first-order chi connectivity index (χ1) is 17.5. The van der Waals surface area contributed by atoms with Crippen LogP contribution in [0.5, 0.6) is 0 Å². The zero-order valence-electron chi connectivity index (χ0n) is 19.0. The lowest BCUT2D eigenvalue weighted by Crippen LogP contribution is -2.11. The molecule has 0 spiro atoms. The van der Waals surface area contributed by atoms with Gasteiger partial charge in [0.1, 0.15) is 29.9 Å². The number of ether oxygens (including phenoxy) is 1. The Morgan fingerprint density at radius 1 is 0.861 bits per heavy atom. The first-order valence-corrected chi connectivity index (χ1v) is 10.8. The third kappa shape index (κ3) is 4.18. The number of fused-ring (bicyclic) bond motifs is 6. The van der Waals surface area contributed by atoms with Gasteiger partial charge in [0.2, 0.25) is 0 Å². The molecule has 4 heterocycles. The summed E-state index contributed by atoms with van der Waals surface area (Å²) in [5.74, 6) is 0.872. The van der Waals surface area contributed by atoms with E-state index < -0.39 is 6.09 Å². The molecule has 0 saturated heterocycles. The van der Waals surface area contributed by atoms with Crippen LogP contribution in [0.15, 0.2) is 60.8 Å². The Bertz CT molecular complexity index is 1790. The maximum atomic E-state index is 11.2. The van der Waals surface area contributed by atoms with E-state index in [1.165, 1.54) is 7.11 Å². The highest BCUT2D eigenvalue weighted by molar-refractivity contribution is 6.09. The van der Waals surface area contributed by atoms with Crippen molar-refractivity contribution in [3.05, 3.63) is 71.9 Å². The smallest absolute Gasteiger partial charge is 0.412 e. The molecule has 5 N–H and O–H groups in total. The average Bonchev–Trinajstić information content (AvgIpc) is 3.45. The number of aromatic amines is 2. The summed E-state index contributed by atoms with van der Waals surface area (Å²) in [4.78, 5) is 47.5. The number of nitrogens with two attached hydrogens (primary N) is 1. The second-order valence-corrected chi connectivity index (χ2v) is 7.96. The fraction of sp³-hybridized carbons (Fsp3) is 0.0385. The van der Waals surface area contributed by atoms with Gasteiger partial charge in [-0.1, -0.05) is 0 Å². The molecule has 1 amide bonds. The second-order valence-electron chi connectivity index (χ2n) is 7.96. The number of carbonyl (C=O) groups excluding carboxylic acids is 3.